The molecule has 0 atom stereocenters. The number of hydrogen-bond donors (Lipinski definition) is 0. The van der Waals surface area contributed by atoms with E-state index >= 15 is 0 Å². The molecule has 4 aromatic heterocycles. The molecule has 0 radical (unpaired) electrons. The maximum absolute atomic E-state index is 4.78. The summed E-state index contributed by atoms with van der Waals surface area (Å²) >= 11 is 0. The van der Waals surface area contributed by atoms with Gasteiger partial charge in [0.05, 0.1) is 35.9 Å². The van der Waals surface area contributed by atoms with Crippen molar-refractivity contribution in [3.8, 4) is 11.3 Å². The number of nitrogens with zero attached hydrogens (tertiary/aromatic N) is 10. The number of hydrogen-bond acceptors (Lipinski definition) is 8. The van der Waals surface area contributed by atoms with E-state index in [-0.39, 0.29) is 0 Å². The highest BCUT2D eigenvalue weighted by atomic mass is 15.3. The van der Waals surface area contributed by atoms with Gasteiger partial charge in [0, 0.05) is 52.0 Å². The Hall–Kier alpha value is -3.56. The molecule has 142 valence electrons. The van der Waals surface area contributed by atoms with Crippen LogP contribution in [0.15, 0.2) is 37.3 Å². The van der Waals surface area contributed by atoms with Crippen LogP contribution in [0.2, 0.25) is 0 Å². The van der Waals surface area contributed by atoms with Crippen LogP contribution in [-0.2, 0) is 14.1 Å². The van der Waals surface area contributed by atoms with Gasteiger partial charge in [-0.3, -0.25) is 14.3 Å². The zero-order chi connectivity index (χ0) is 19.1. The van der Waals surface area contributed by atoms with Crippen molar-refractivity contribution < 1.29 is 0 Å². The molecular formula is C18H20N10. The van der Waals surface area contributed by atoms with Gasteiger partial charge in [-0.15, -0.1) is 0 Å². The molecule has 10 nitrogen and oxygen atoms in total. The average Bonchev–Trinajstić information content (AvgIpc) is 3.34. The van der Waals surface area contributed by atoms with Crippen LogP contribution in [0.1, 0.15) is 0 Å². The number of fused-ring (bicyclic) bond motifs is 1. The molecule has 0 saturated carbocycles. The van der Waals surface area contributed by atoms with Gasteiger partial charge in [0.2, 0.25) is 0 Å². The van der Waals surface area contributed by atoms with Gasteiger partial charge in [0.1, 0.15) is 18.0 Å². The summed E-state index contributed by atoms with van der Waals surface area (Å²) in [6.07, 6.45) is 10.8. The van der Waals surface area contributed by atoms with Gasteiger partial charge in [-0.2, -0.15) is 10.2 Å². The summed E-state index contributed by atoms with van der Waals surface area (Å²) < 4.78 is 3.54. The molecule has 0 bridgehead atoms. The number of rotatable bonds is 3. The molecule has 10 heteroatoms. The zero-order valence-electron chi connectivity index (χ0n) is 15.8. The fourth-order valence-electron chi connectivity index (χ4n) is 3.55. The standard InChI is InChI=1S/C18H20N10/c1-25-11-13(7-22-25)15-9-19-10-16(24-15)27-3-5-28(6-4-27)18-14-8-23-26(2)17(14)20-12-21-18/h7-12H,3-6H2,1-2H3. The van der Waals surface area contributed by atoms with Crippen molar-refractivity contribution in [1.29, 1.82) is 0 Å². The summed E-state index contributed by atoms with van der Waals surface area (Å²) in [4.78, 5) is 22.5. The van der Waals surface area contributed by atoms with E-state index in [0.717, 1.165) is 60.1 Å². The molecule has 0 unspecified atom stereocenters. The van der Waals surface area contributed by atoms with Crippen molar-refractivity contribution in [3.63, 3.8) is 0 Å². The lowest BCUT2D eigenvalue weighted by Crippen LogP contribution is -2.47. The summed E-state index contributed by atoms with van der Waals surface area (Å²) in [5.41, 5.74) is 2.65. The van der Waals surface area contributed by atoms with Crippen LogP contribution in [-0.4, -0.2) is 65.7 Å². The summed E-state index contributed by atoms with van der Waals surface area (Å²) in [5.74, 6) is 1.82. The lowest BCUT2D eigenvalue weighted by molar-refractivity contribution is 0.642. The molecule has 1 aliphatic heterocycles. The molecule has 0 aromatic carbocycles. The second-order valence-electron chi connectivity index (χ2n) is 6.84. The summed E-state index contributed by atoms with van der Waals surface area (Å²) in [7, 11) is 3.79. The first-order chi connectivity index (χ1) is 13.7. The molecule has 0 amide bonds. The smallest absolute Gasteiger partial charge is 0.163 e. The highest BCUT2D eigenvalue weighted by Crippen LogP contribution is 2.25. The minimum absolute atomic E-state index is 0.834. The molecule has 5 heterocycles. The molecule has 1 fully saturated rings. The Morgan fingerprint density at radius 3 is 2.46 bits per heavy atom. The minimum Gasteiger partial charge on any atom is -0.352 e. The predicted molar refractivity (Wildman–Crippen MR) is 105 cm³/mol. The van der Waals surface area contributed by atoms with E-state index in [9.17, 15) is 0 Å². The number of anilines is 2. The van der Waals surface area contributed by atoms with E-state index in [4.69, 9.17) is 4.98 Å². The second-order valence-corrected chi connectivity index (χ2v) is 6.84. The molecule has 4 aromatic rings. The van der Waals surface area contributed by atoms with E-state index in [1.165, 1.54) is 0 Å². The number of aromatic nitrogens is 8. The van der Waals surface area contributed by atoms with E-state index in [1.54, 1.807) is 28.1 Å². The third-order valence-electron chi connectivity index (χ3n) is 5.03. The van der Waals surface area contributed by atoms with Crippen molar-refractivity contribution in [2.75, 3.05) is 36.0 Å². The Morgan fingerprint density at radius 2 is 1.68 bits per heavy atom. The average molecular weight is 376 g/mol. The van der Waals surface area contributed by atoms with Crippen molar-refractivity contribution in [2.24, 2.45) is 14.1 Å². The van der Waals surface area contributed by atoms with Crippen LogP contribution in [0.4, 0.5) is 11.6 Å². The Kier molecular flexibility index (Phi) is 3.89. The van der Waals surface area contributed by atoms with Crippen LogP contribution in [0.3, 0.4) is 0 Å². The van der Waals surface area contributed by atoms with Gasteiger partial charge < -0.3 is 9.80 Å². The first-order valence-corrected chi connectivity index (χ1v) is 9.13. The topological polar surface area (TPSA) is 93.7 Å². The zero-order valence-corrected chi connectivity index (χ0v) is 15.8. The third-order valence-corrected chi connectivity index (χ3v) is 5.03. The first-order valence-electron chi connectivity index (χ1n) is 9.13. The SMILES string of the molecule is Cn1cc(-c2cncc(N3CCN(c4ncnc5c4cnn5C)CC3)n2)cn1. The summed E-state index contributed by atoms with van der Waals surface area (Å²) in [6.45, 7) is 3.38. The van der Waals surface area contributed by atoms with Crippen LogP contribution in [0.5, 0.6) is 0 Å². The van der Waals surface area contributed by atoms with Gasteiger partial charge in [0.25, 0.3) is 0 Å². The van der Waals surface area contributed by atoms with E-state index < -0.39 is 0 Å². The van der Waals surface area contributed by atoms with Gasteiger partial charge >= 0.3 is 0 Å². The van der Waals surface area contributed by atoms with Crippen molar-refractivity contribution in [1.82, 2.24) is 39.5 Å². The summed E-state index contributed by atoms with van der Waals surface area (Å²) in [6, 6.07) is 0. The fourth-order valence-corrected chi connectivity index (χ4v) is 3.55. The minimum atomic E-state index is 0.834. The van der Waals surface area contributed by atoms with Crippen LogP contribution in [0, 0.1) is 0 Å². The van der Waals surface area contributed by atoms with Gasteiger partial charge in [0.15, 0.2) is 5.65 Å². The lowest BCUT2D eigenvalue weighted by Gasteiger charge is -2.36. The molecule has 1 aliphatic rings. The lowest BCUT2D eigenvalue weighted by atomic mass is 10.2. The molecular weight excluding hydrogens is 356 g/mol. The van der Waals surface area contributed by atoms with Gasteiger partial charge in [-0.25, -0.2) is 15.0 Å². The number of piperazine rings is 1. The molecule has 0 spiro atoms. The largest absolute Gasteiger partial charge is 0.352 e. The van der Waals surface area contributed by atoms with Crippen molar-refractivity contribution in [3.05, 3.63) is 37.3 Å². The fraction of sp³-hybridized carbons (Fsp3) is 0.333. The van der Waals surface area contributed by atoms with Crippen molar-refractivity contribution >= 4 is 22.7 Å². The number of aryl methyl sites for hydroxylation is 2. The molecule has 1 saturated heterocycles. The highest BCUT2D eigenvalue weighted by molar-refractivity contribution is 5.86. The Morgan fingerprint density at radius 1 is 0.857 bits per heavy atom. The molecule has 28 heavy (non-hydrogen) atoms. The normalized spacial score (nSPS) is 14.8. The van der Waals surface area contributed by atoms with Gasteiger partial charge in [-0.1, -0.05) is 0 Å². The van der Waals surface area contributed by atoms with Crippen LogP contribution in [0.25, 0.3) is 22.3 Å². The van der Waals surface area contributed by atoms with Crippen molar-refractivity contribution in [2.45, 2.75) is 0 Å². The summed E-state index contributed by atoms with van der Waals surface area (Å²) in [5, 5.41) is 9.50. The Bertz CT molecular complexity index is 1120. The van der Waals surface area contributed by atoms with Crippen LogP contribution < -0.4 is 9.80 Å². The van der Waals surface area contributed by atoms with E-state index in [2.05, 4.69) is 34.9 Å². The maximum atomic E-state index is 4.78. The van der Waals surface area contributed by atoms with E-state index in [1.807, 2.05) is 32.7 Å². The second kappa shape index (κ2) is 6.55. The molecule has 0 aliphatic carbocycles. The monoisotopic (exact) mass is 376 g/mol. The van der Waals surface area contributed by atoms with Crippen LogP contribution >= 0.6 is 0 Å². The maximum Gasteiger partial charge on any atom is 0.163 e. The molecule has 5 rings (SSSR count). The predicted octanol–water partition coefficient (Wildman–Crippen LogP) is 0.880. The quantitative estimate of drug-likeness (QED) is 0.520. The van der Waals surface area contributed by atoms with Gasteiger partial charge in [-0.05, 0) is 0 Å². The third kappa shape index (κ3) is 2.82. The Balaban J connectivity index is 1.35. The highest BCUT2D eigenvalue weighted by Gasteiger charge is 2.22. The molecule has 0 N–H and O–H groups in total. The Labute approximate surface area is 161 Å². The first kappa shape index (κ1) is 16.6. The van der Waals surface area contributed by atoms with E-state index in [0.29, 0.717) is 0 Å².